The van der Waals surface area contributed by atoms with Crippen LogP contribution in [-0.4, -0.2) is 32.3 Å². The van der Waals surface area contributed by atoms with Crippen molar-refractivity contribution in [3.8, 4) is 0 Å². The first-order valence-corrected chi connectivity index (χ1v) is 8.84. The van der Waals surface area contributed by atoms with E-state index in [0.717, 1.165) is 24.2 Å². The van der Waals surface area contributed by atoms with Crippen molar-refractivity contribution < 1.29 is 9.21 Å². The molecule has 1 aliphatic rings. The fraction of sp³-hybridized carbons (Fsp3) is 0.263. The summed E-state index contributed by atoms with van der Waals surface area (Å²) in [5.41, 5.74) is 1.39. The van der Waals surface area contributed by atoms with Crippen LogP contribution in [0.5, 0.6) is 0 Å². The Labute approximate surface area is 155 Å². The lowest BCUT2D eigenvalue weighted by Gasteiger charge is -2.21. The molecule has 1 aliphatic heterocycles. The van der Waals surface area contributed by atoms with Gasteiger partial charge < -0.3 is 9.32 Å². The van der Waals surface area contributed by atoms with Gasteiger partial charge in [0, 0.05) is 30.4 Å². The van der Waals surface area contributed by atoms with Crippen LogP contribution < -0.4 is 0 Å². The maximum absolute atomic E-state index is 12.7. The number of likely N-dealkylation sites (tertiary alicyclic amines) is 1. The van der Waals surface area contributed by atoms with Gasteiger partial charge in [0.15, 0.2) is 0 Å². The van der Waals surface area contributed by atoms with Crippen LogP contribution in [0.2, 0.25) is 5.02 Å². The zero-order valence-electron chi connectivity index (χ0n) is 14.0. The summed E-state index contributed by atoms with van der Waals surface area (Å²) in [4.78, 5) is 27.0. The third-order valence-electron chi connectivity index (χ3n) is 4.42. The molecule has 1 unspecified atom stereocenters. The molecule has 1 atom stereocenters. The summed E-state index contributed by atoms with van der Waals surface area (Å²) in [6.45, 7) is 0.659. The van der Waals surface area contributed by atoms with Crippen molar-refractivity contribution >= 4 is 17.5 Å². The van der Waals surface area contributed by atoms with Gasteiger partial charge in [0.2, 0.25) is 5.89 Å². The first-order chi connectivity index (χ1) is 12.7. The number of halogens is 1. The Morgan fingerprint density at radius 1 is 1.27 bits per heavy atom. The van der Waals surface area contributed by atoms with E-state index in [9.17, 15) is 4.79 Å². The van der Waals surface area contributed by atoms with Gasteiger partial charge in [-0.2, -0.15) is 0 Å². The van der Waals surface area contributed by atoms with Gasteiger partial charge in [0.05, 0.1) is 12.4 Å². The molecule has 3 aromatic rings. The summed E-state index contributed by atoms with van der Waals surface area (Å²) < 4.78 is 5.94. The molecule has 0 saturated carbocycles. The molecule has 1 amide bonds. The topological polar surface area (TPSA) is 72.1 Å². The molecule has 1 saturated heterocycles. The summed E-state index contributed by atoms with van der Waals surface area (Å²) in [6, 6.07) is 7.48. The van der Waals surface area contributed by atoms with Gasteiger partial charge in [-0.05, 0) is 30.5 Å². The minimum absolute atomic E-state index is 0.143. The van der Waals surface area contributed by atoms with E-state index in [4.69, 9.17) is 16.0 Å². The van der Waals surface area contributed by atoms with Crippen molar-refractivity contribution in [1.82, 2.24) is 19.9 Å². The normalized spacial score (nSPS) is 16.8. The van der Waals surface area contributed by atoms with Gasteiger partial charge in [-0.15, -0.1) is 0 Å². The number of nitrogens with zero attached hydrogens (tertiary/aromatic N) is 4. The highest BCUT2D eigenvalue weighted by atomic mass is 35.5. The average Bonchev–Trinajstić information content (AvgIpc) is 3.31. The van der Waals surface area contributed by atoms with E-state index in [1.807, 2.05) is 24.3 Å². The number of oxazole rings is 1. The van der Waals surface area contributed by atoms with Crippen molar-refractivity contribution in [2.24, 2.45) is 0 Å². The standard InChI is InChI=1S/C19H17ClN4O2/c20-14-4-1-3-13(9-14)10-15-11-23-18(26-15)17-5-2-8-24(17)19(25)16-12-21-6-7-22-16/h1,3-4,6-7,9,11-12,17H,2,5,8,10H2. The van der Waals surface area contributed by atoms with Crippen LogP contribution >= 0.6 is 11.6 Å². The number of carbonyl (C=O) groups excluding carboxylic acids is 1. The Balaban J connectivity index is 1.52. The van der Waals surface area contributed by atoms with Crippen LogP contribution in [0.15, 0.2) is 53.5 Å². The predicted molar refractivity (Wildman–Crippen MR) is 95.8 cm³/mol. The summed E-state index contributed by atoms with van der Waals surface area (Å²) >= 11 is 6.03. The second-order valence-corrected chi connectivity index (χ2v) is 6.66. The molecule has 132 valence electrons. The van der Waals surface area contributed by atoms with Crippen LogP contribution in [0, 0.1) is 0 Å². The Kier molecular flexibility index (Phi) is 4.67. The number of carbonyl (C=O) groups is 1. The third kappa shape index (κ3) is 3.46. The smallest absolute Gasteiger partial charge is 0.274 e. The zero-order valence-corrected chi connectivity index (χ0v) is 14.8. The van der Waals surface area contributed by atoms with Gasteiger partial charge in [0.25, 0.3) is 5.91 Å². The molecule has 3 heterocycles. The highest BCUT2D eigenvalue weighted by Gasteiger charge is 2.34. The second kappa shape index (κ2) is 7.25. The zero-order chi connectivity index (χ0) is 17.9. The van der Waals surface area contributed by atoms with Gasteiger partial charge in [-0.25, -0.2) is 9.97 Å². The highest BCUT2D eigenvalue weighted by Crippen LogP contribution is 2.32. The largest absolute Gasteiger partial charge is 0.443 e. The molecule has 0 aliphatic carbocycles. The van der Waals surface area contributed by atoms with E-state index in [0.29, 0.717) is 29.6 Å². The van der Waals surface area contributed by atoms with Crippen molar-refractivity contribution in [3.05, 3.63) is 77.0 Å². The van der Waals surface area contributed by atoms with Crippen LogP contribution in [0.4, 0.5) is 0 Å². The average molecular weight is 369 g/mol. The van der Waals surface area contributed by atoms with E-state index < -0.39 is 0 Å². The molecule has 4 rings (SSSR count). The van der Waals surface area contributed by atoms with Crippen molar-refractivity contribution in [3.63, 3.8) is 0 Å². The lowest BCUT2D eigenvalue weighted by Crippen LogP contribution is -2.31. The van der Waals surface area contributed by atoms with Gasteiger partial charge in [0.1, 0.15) is 17.5 Å². The van der Waals surface area contributed by atoms with E-state index in [1.165, 1.54) is 12.4 Å². The maximum atomic E-state index is 12.7. The molecular formula is C19H17ClN4O2. The summed E-state index contributed by atoms with van der Waals surface area (Å²) in [5, 5.41) is 0.693. The molecule has 26 heavy (non-hydrogen) atoms. The molecule has 6 nitrogen and oxygen atoms in total. The van der Waals surface area contributed by atoms with Crippen LogP contribution in [0.1, 0.15) is 46.6 Å². The minimum atomic E-state index is -0.169. The van der Waals surface area contributed by atoms with Crippen molar-refractivity contribution in [1.29, 1.82) is 0 Å². The number of amides is 1. The Morgan fingerprint density at radius 2 is 2.19 bits per heavy atom. The quantitative estimate of drug-likeness (QED) is 0.702. The monoisotopic (exact) mass is 368 g/mol. The molecule has 1 aromatic carbocycles. The molecule has 0 spiro atoms. The fourth-order valence-electron chi connectivity index (χ4n) is 3.23. The van der Waals surface area contributed by atoms with Crippen molar-refractivity contribution in [2.75, 3.05) is 6.54 Å². The van der Waals surface area contributed by atoms with E-state index in [2.05, 4.69) is 15.0 Å². The number of aromatic nitrogens is 3. The van der Waals surface area contributed by atoms with E-state index >= 15 is 0 Å². The van der Waals surface area contributed by atoms with Gasteiger partial charge in [-0.3, -0.25) is 9.78 Å². The molecule has 0 bridgehead atoms. The fourth-order valence-corrected chi connectivity index (χ4v) is 3.44. The first kappa shape index (κ1) is 16.7. The van der Waals surface area contributed by atoms with E-state index in [1.54, 1.807) is 17.3 Å². The SMILES string of the molecule is O=C(c1cnccn1)N1CCCC1c1ncc(Cc2cccc(Cl)c2)o1. The maximum Gasteiger partial charge on any atom is 0.274 e. The summed E-state index contributed by atoms with van der Waals surface area (Å²) in [7, 11) is 0. The minimum Gasteiger partial charge on any atom is -0.443 e. The lowest BCUT2D eigenvalue weighted by molar-refractivity contribution is 0.0708. The lowest BCUT2D eigenvalue weighted by atomic mass is 10.1. The number of rotatable bonds is 4. The summed E-state index contributed by atoms with van der Waals surface area (Å²) in [6.07, 6.45) is 8.61. The molecule has 7 heteroatoms. The second-order valence-electron chi connectivity index (χ2n) is 6.22. The Morgan fingerprint density at radius 3 is 3.00 bits per heavy atom. The number of benzene rings is 1. The van der Waals surface area contributed by atoms with Gasteiger partial charge in [-0.1, -0.05) is 23.7 Å². The Bertz CT molecular complexity index is 913. The molecule has 0 radical (unpaired) electrons. The van der Waals surface area contributed by atoms with Crippen LogP contribution in [-0.2, 0) is 6.42 Å². The van der Waals surface area contributed by atoms with Crippen LogP contribution in [0.25, 0.3) is 0 Å². The van der Waals surface area contributed by atoms with Gasteiger partial charge >= 0.3 is 0 Å². The number of hydrogen-bond donors (Lipinski definition) is 0. The molecule has 2 aromatic heterocycles. The first-order valence-electron chi connectivity index (χ1n) is 8.47. The van der Waals surface area contributed by atoms with Crippen molar-refractivity contribution in [2.45, 2.75) is 25.3 Å². The molecule has 1 fully saturated rings. The highest BCUT2D eigenvalue weighted by molar-refractivity contribution is 6.30. The molecular weight excluding hydrogens is 352 g/mol. The summed E-state index contributed by atoms with van der Waals surface area (Å²) in [5.74, 6) is 1.17. The Hall–Kier alpha value is -2.73. The third-order valence-corrected chi connectivity index (χ3v) is 4.65. The predicted octanol–water partition coefficient (Wildman–Crippen LogP) is 3.69. The van der Waals surface area contributed by atoms with Crippen LogP contribution in [0.3, 0.4) is 0 Å². The molecule has 0 N–H and O–H groups in total. The number of hydrogen-bond acceptors (Lipinski definition) is 5. The van der Waals surface area contributed by atoms with E-state index in [-0.39, 0.29) is 11.9 Å².